The number of thiocarbonyl (C=S) groups is 1. The molecule has 1 aliphatic rings. The summed E-state index contributed by atoms with van der Waals surface area (Å²) in [5, 5.41) is 8.17. The van der Waals surface area contributed by atoms with Crippen molar-refractivity contribution in [3.8, 4) is 11.4 Å². The maximum Gasteiger partial charge on any atom is 0.258 e. The van der Waals surface area contributed by atoms with Crippen molar-refractivity contribution in [2.45, 2.75) is 26.3 Å². The number of aryl methyl sites for hydroxylation is 1. The zero-order chi connectivity index (χ0) is 23.7. The zero-order valence-electron chi connectivity index (χ0n) is 18.8. The highest BCUT2D eigenvalue weighted by molar-refractivity contribution is 7.80. The number of benzene rings is 3. The molecule has 0 saturated carbocycles. The molecule has 1 aliphatic heterocycles. The predicted molar refractivity (Wildman–Crippen MR) is 136 cm³/mol. The molecule has 5 nitrogen and oxygen atoms in total. The number of hydrogen-bond acceptors (Lipinski definition) is 4. The maximum absolute atomic E-state index is 13.7. The molecule has 0 spiro atoms. The van der Waals surface area contributed by atoms with Crippen molar-refractivity contribution in [3.05, 3.63) is 107 Å². The minimum Gasteiger partial charge on any atom is -0.351 e. The van der Waals surface area contributed by atoms with E-state index in [1.54, 1.807) is 12.1 Å². The lowest BCUT2D eigenvalue weighted by molar-refractivity contribution is 0.404. The molecule has 1 N–H and O–H groups in total. The predicted octanol–water partition coefficient (Wildman–Crippen LogP) is 6.31. The monoisotopic (exact) mass is 470 g/mol. The van der Waals surface area contributed by atoms with E-state index in [-0.39, 0.29) is 11.9 Å². The first-order valence-corrected chi connectivity index (χ1v) is 11.5. The lowest BCUT2D eigenvalue weighted by Gasteiger charge is -2.37. The summed E-state index contributed by atoms with van der Waals surface area (Å²) >= 11 is 5.77. The van der Waals surface area contributed by atoms with Crippen LogP contribution in [0, 0.1) is 5.82 Å². The van der Waals surface area contributed by atoms with Crippen molar-refractivity contribution in [1.82, 2.24) is 15.5 Å². The number of anilines is 1. The van der Waals surface area contributed by atoms with Gasteiger partial charge in [0.1, 0.15) is 5.82 Å². The fraction of sp³-hybridized carbons (Fsp3) is 0.148. The Morgan fingerprint density at radius 2 is 1.71 bits per heavy atom. The Bertz CT molecular complexity index is 1350. The third-order valence-corrected chi connectivity index (χ3v) is 6.28. The Labute approximate surface area is 202 Å². The van der Waals surface area contributed by atoms with Crippen molar-refractivity contribution in [1.29, 1.82) is 0 Å². The number of allylic oxidation sites excluding steroid dienone is 1. The summed E-state index contributed by atoms with van der Waals surface area (Å²) in [5.74, 6) is 0.586. The molecule has 0 saturated heterocycles. The minimum absolute atomic E-state index is 0.300. The smallest absolute Gasteiger partial charge is 0.258 e. The van der Waals surface area contributed by atoms with Crippen molar-refractivity contribution in [2.24, 2.45) is 0 Å². The van der Waals surface area contributed by atoms with Crippen LogP contribution in [0.25, 0.3) is 17.0 Å². The lowest BCUT2D eigenvalue weighted by atomic mass is 9.94. The molecular weight excluding hydrogens is 447 g/mol. The normalized spacial score (nSPS) is 16.0. The average Bonchev–Trinajstić information content (AvgIpc) is 3.35. The minimum atomic E-state index is -0.372. The molecule has 0 fully saturated rings. The summed E-state index contributed by atoms with van der Waals surface area (Å²) in [6.07, 6.45) is 0.958. The molecule has 2 heterocycles. The van der Waals surface area contributed by atoms with Crippen LogP contribution < -0.4 is 10.2 Å². The summed E-state index contributed by atoms with van der Waals surface area (Å²) in [5.41, 5.74) is 5.54. The fourth-order valence-electron chi connectivity index (χ4n) is 4.15. The molecule has 170 valence electrons. The average molecular weight is 471 g/mol. The number of rotatable bonds is 5. The highest BCUT2D eigenvalue weighted by Crippen LogP contribution is 2.39. The number of aromatic nitrogens is 2. The molecule has 1 aromatic heterocycles. The Hall–Kier alpha value is -3.84. The molecule has 4 aromatic rings. The van der Waals surface area contributed by atoms with Gasteiger partial charge in [0, 0.05) is 16.9 Å². The lowest BCUT2D eigenvalue weighted by Crippen LogP contribution is -2.46. The van der Waals surface area contributed by atoms with E-state index in [4.69, 9.17) is 21.7 Å². The van der Waals surface area contributed by atoms with E-state index < -0.39 is 0 Å². The molecule has 3 aromatic carbocycles. The van der Waals surface area contributed by atoms with E-state index in [0.717, 1.165) is 34.5 Å². The van der Waals surface area contributed by atoms with Crippen LogP contribution in [0.2, 0.25) is 0 Å². The second-order valence-electron chi connectivity index (χ2n) is 8.08. The molecule has 0 radical (unpaired) electrons. The Balaban J connectivity index is 1.64. The number of halogens is 1. The van der Waals surface area contributed by atoms with Crippen LogP contribution in [-0.2, 0) is 6.42 Å². The standard InChI is InChI=1S/C27H23FN4OS/c1-3-18-9-15-22(16-10-18)32-17(2)23(24(29-27(32)34)19-11-13-21(28)14-12-19)26-30-25(31-33-26)20-7-5-4-6-8-20/h4-16,24H,3H2,1-2H3,(H,29,34). The van der Waals surface area contributed by atoms with Gasteiger partial charge in [-0.15, -0.1) is 0 Å². The van der Waals surface area contributed by atoms with Gasteiger partial charge in [-0.05, 0) is 61.0 Å². The van der Waals surface area contributed by atoms with Crippen molar-refractivity contribution in [3.63, 3.8) is 0 Å². The molecular formula is C27H23FN4OS. The van der Waals surface area contributed by atoms with Gasteiger partial charge in [-0.1, -0.05) is 66.7 Å². The van der Waals surface area contributed by atoms with Gasteiger partial charge in [0.15, 0.2) is 5.11 Å². The highest BCUT2D eigenvalue weighted by Gasteiger charge is 2.34. The Kier molecular flexibility index (Phi) is 5.94. The largest absolute Gasteiger partial charge is 0.351 e. The molecule has 7 heteroatoms. The third kappa shape index (κ3) is 4.10. The molecule has 0 bridgehead atoms. The van der Waals surface area contributed by atoms with Crippen LogP contribution in [0.4, 0.5) is 10.1 Å². The molecule has 1 unspecified atom stereocenters. The van der Waals surface area contributed by atoms with E-state index in [2.05, 4.69) is 41.7 Å². The number of nitrogens with one attached hydrogen (secondary N) is 1. The van der Waals surface area contributed by atoms with Gasteiger partial charge in [-0.25, -0.2) is 4.39 Å². The molecule has 1 atom stereocenters. The van der Waals surface area contributed by atoms with Gasteiger partial charge in [-0.2, -0.15) is 4.98 Å². The molecule has 0 aliphatic carbocycles. The van der Waals surface area contributed by atoms with E-state index in [1.165, 1.54) is 17.7 Å². The maximum atomic E-state index is 13.7. The first kappa shape index (κ1) is 22.0. The molecule has 0 amide bonds. The summed E-state index contributed by atoms with van der Waals surface area (Å²) in [7, 11) is 0. The second-order valence-corrected chi connectivity index (χ2v) is 8.46. The van der Waals surface area contributed by atoms with Crippen molar-refractivity contribution in [2.75, 3.05) is 4.90 Å². The van der Waals surface area contributed by atoms with Crippen LogP contribution in [-0.4, -0.2) is 15.3 Å². The van der Waals surface area contributed by atoms with E-state index in [9.17, 15) is 4.39 Å². The highest BCUT2D eigenvalue weighted by atomic mass is 32.1. The van der Waals surface area contributed by atoms with Crippen LogP contribution in [0.3, 0.4) is 0 Å². The van der Waals surface area contributed by atoms with Gasteiger partial charge in [0.2, 0.25) is 5.82 Å². The van der Waals surface area contributed by atoms with Gasteiger partial charge in [-0.3, -0.25) is 4.90 Å². The van der Waals surface area contributed by atoms with E-state index in [1.807, 2.05) is 42.2 Å². The van der Waals surface area contributed by atoms with E-state index >= 15 is 0 Å². The van der Waals surface area contributed by atoms with Crippen LogP contribution in [0.5, 0.6) is 0 Å². The van der Waals surface area contributed by atoms with E-state index in [0.29, 0.717) is 16.8 Å². The topological polar surface area (TPSA) is 54.2 Å². The number of hydrogen-bond donors (Lipinski definition) is 1. The summed E-state index contributed by atoms with van der Waals surface area (Å²) in [4.78, 5) is 6.68. The first-order valence-electron chi connectivity index (χ1n) is 11.1. The summed E-state index contributed by atoms with van der Waals surface area (Å²) < 4.78 is 19.4. The number of nitrogens with zero attached hydrogens (tertiary/aromatic N) is 3. The van der Waals surface area contributed by atoms with Gasteiger partial charge < -0.3 is 9.84 Å². The van der Waals surface area contributed by atoms with Crippen LogP contribution in [0.1, 0.15) is 36.9 Å². The molecule has 34 heavy (non-hydrogen) atoms. The Morgan fingerprint density at radius 3 is 2.38 bits per heavy atom. The van der Waals surface area contributed by atoms with Gasteiger partial charge in [0.05, 0.1) is 11.6 Å². The third-order valence-electron chi connectivity index (χ3n) is 5.98. The summed E-state index contributed by atoms with van der Waals surface area (Å²) in [6, 6.07) is 23.9. The van der Waals surface area contributed by atoms with Gasteiger partial charge >= 0.3 is 0 Å². The molecule has 5 rings (SSSR count). The van der Waals surface area contributed by atoms with Crippen LogP contribution in [0.15, 0.2) is 89.1 Å². The zero-order valence-corrected chi connectivity index (χ0v) is 19.6. The SMILES string of the molecule is CCc1ccc(N2C(=S)NC(c3ccc(F)cc3)C(c3nc(-c4ccccc4)no3)=C2C)cc1. The Morgan fingerprint density at radius 1 is 1.00 bits per heavy atom. The quantitative estimate of drug-likeness (QED) is 0.345. The van der Waals surface area contributed by atoms with Crippen molar-refractivity contribution < 1.29 is 8.91 Å². The summed E-state index contributed by atoms with van der Waals surface area (Å²) in [6.45, 7) is 4.11. The van der Waals surface area contributed by atoms with Crippen molar-refractivity contribution >= 4 is 28.6 Å². The van der Waals surface area contributed by atoms with Gasteiger partial charge in [0.25, 0.3) is 5.89 Å². The first-order chi connectivity index (χ1) is 16.5. The fourth-order valence-corrected chi connectivity index (χ4v) is 4.51. The van der Waals surface area contributed by atoms with Crippen LogP contribution >= 0.6 is 12.2 Å². The second kappa shape index (κ2) is 9.19.